The van der Waals surface area contributed by atoms with E-state index in [0.717, 1.165) is 43.7 Å². The van der Waals surface area contributed by atoms with Gasteiger partial charge in [0, 0.05) is 18.5 Å². The van der Waals surface area contributed by atoms with Gasteiger partial charge in [-0.3, -0.25) is 4.79 Å². The van der Waals surface area contributed by atoms with Crippen LogP contribution in [0.15, 0.2) is 24.3 Å². The number of rotatable bonds is 7. The van der Waals surface area contributed by atoms with E-state index in [1.807, 2.05) is 24.3 Å². The second kappa shape index (κ2) is 9.14. The van der Waals surface area contributed by atoms with Crippen molar-refractivity contribution in [1.29, 1.82) is 0 Å². The Kier molecular flexibility index (Phi) is 7.18. The minimum atomic E-state index is 0. The van der Waals surface area contributed by atoms with E-state index in [-0.39, 0.29) is 18.3 Å². The lowest BCUT2D eigenvalue weighted by atomic mass is 9.96. The second-order valence-corrected chi connectivity index (χ2v) is 6.45. The van der Waals surface area contributed by atoms with Crippen LogP contribution in [0, 0.1) is 5.92 Å². The van der Waals surface area contributed by atoms with Gasteiger partial charge in [-0.05, 0) is 57.2 Å². The Hall–Kier alpha value is -1.26. The van der Waals surface area contributed by atoms with E-state index >= 15 is 0 Å². The summed E-state index contributed by atoms with van der Waals surface area (Å²) in [6.07, 6.45) is 6.74. The third-order valence-electron chi connectivity index (χ3n) is 4.74. The number of hydrogen-bond donors (Lipinski definition) is 2. The minimum absolute atomic E-state index is 0. The molecule has 0 spiro atoms. The average Bonchev–Trinajstić information content (AvgIpc) is 3.01. The molecule has 2 aliphatic rings. The molecule has 1 amide bonds. The van der Waals surface area contributed by atoms with Gasteiger partial charge in [0.05, 0.1) is 6.10 Å². The molecule has 1 aromatic rings. The second-order valence-electron chi connectivity index (χ2n) is 6.45. The Balaban J connectivity index is 0.00000192. The van der Waals surface area contributed by atoms with Crippen LogP contribution in [0.4, 0.5) is 0 Å². The molecular weight excluding hydrogens is 312 g/mol. The fraction of sp³-hybridized carbons (Fsp3) is 0.611. The molecule has 3 rings (SSSR count). The van der Waals surface area contributed by atoms with Gasteiger partial charge in [0.2, 0.25) is 5.91 Å². The van der Waals surface area contributed by atoms with E-state index in [4.69, 9.17) is 4.74 Å². The smallest absolute Gasteiger partial charge is 0.220 e. The zero-order valence-electron chi connectivity index (χ0n) is 13.6. The maximum Gasteiger partial charge on any atom is 0.220 e. The van der Waals surface area contributed by atoms with Gasteiger partial charge >= 0.3 is 0 Å². The number of nitrogens with one attached hydrogen (secondary N) is 2. The number of ether oxygens (including phenoxy) is 1. The number of halogens is 1. The predicted octanol–water partition coefficient (Wildman–Crippen LogP) is 3.05. The van der Waals surface area contributed by atoms with Crippen LogP contribution in [-0.2, 0) is 11.3 Å². The summed E-state index contributed by atoms with van der Waals surface area (Å²) in [6, 6.07) is 8.03. The molecule has 1 unspecified atom stereocenters. The lowest BCUT2D eigenvalue weighted by molar-refractivity contribution is -0.121. The van der Waals surface area contributed by atoms with Crippen molar-refractivity contribution in [1.82, 2.24) is 10.6 Å². The molecule has 0 bridgehead atoms. The van der Waals surface area contributed by atoms with E-state index in [0.29, 0.717) is 25.0 Å². The van der Waals surface area contributed by atoms with Crippen molar-refractivity contribution in [3.05, 3.63) is 29.8 Å². The SMILES string of the molecule is Cl.O=C(CCC1CCNC1)NCc1ccccc1OC1CCC1. The number of amides is 1. The number of hydrogen-bond acceptors (Lipinski definition) is 3. The molecule has 2 fully saturated rings. The van der Waals surface area contributed by atoms with Crippen LogP contribution in [0.25, 0.3) is 0 Å². The van der Waals surface area contributed by atoms with Gasteiger partial charge in [0.25, 0.3) is 0 Å². The zero-order chi connectivity index (χ0) is 15.2. The Morgan fingerprint density at radius 3 is 2.78 bits per heavy atom. The Labute approximate surface area is 144 Å². The fourth-order valence-corrected chi connectivity index (χ4v) is 3.01. The van der Waals surface area contributed by atoms with Gasteiger partial charge in [-0.15, -0.1) is 12.4 Å². The molecular formula is C18H27ClN2O2. The molecule has 1 aliphatic heterocycles. The quantitative estimate of drug-likeness (QED) is 0.803. The highest BCUT2D eigenvalue weighted by Crippen LogP contribution is 2.27. The molecule has 1 aliphatic carbocycles. The largest absolute Gasteiger partial charge is 0.490 e. The van der Waals surface area contributed by atoms with Gasteiger partial charge in [-0.2, -0.15) is 0 Å². The molecule has 128 valence electrons. The summed E-state index contributed by atoms with van der Waals surface area (Å²) in [5.41, 5.74) is 1.07. The highest BCUT2D eigenvalue weighted by atomic mass is 35.5. The highest BCUT2D eigenvalue weighted by Gasteiger charge is 2.20. The highest BCUT2D eigenvalue weighted by molar-refractivity contribution is 5.85. The number of carbonyl (C=O) groups excluding carboxylic acids is 1. The first kappa shape index (κ1) is 18.1. The standard InChI is InChI=1S/C18H26N2O2.ClH/c21-18(9-8-14-10-11-19-12-14)20-13-15-4-1-2-7-17(15)22-16-5-3-6-16;/h1-2,4,7,14,16,19H,3,5-6,8-13H2,(H,20,21);1H. The van der Waals surface area contributed by atoms with Crippen molar-refractivity contribution >= 4 is 18.3 Å². The Morgan fingerprint density at radius 2 is 2.09 bits per heavy atom. The van der Waals surface area contributed by atoms with E-state index in [9.17, 15) is 4.79 Å². The van der Waals surface area contributed by atoms with E-state index in [2.05, 4.69) is 10.6 Å². The van der Waals surface area contributed by atoms with Gasteiger partial charge < -0.3 is 15.4 Å². The van der Waals surface area contributed by atoms with E-state index in [1.165, 1.54) is 12.8 Å². The van der Waals surface area contributed by atoms with Crippen molar-refractivity contribution in [2.75, 3.05) is 13.1 Å². The monoisotopic (exact) mass is 338 g/mol. The number of benzene rings is 1. The maximum absolute atomic E-state index is 12.0. The van der Waals surface area contributed by atoms with E-state index in [1.54, 1.807) is 0 Å². The van der Waals surface area contributed by atoms with Crippen molar-refractivity contribution in [3.63, 3.8) is 0 Å². The summed E-state index contributed by atoms with van der Waals surface area (Å²) < 4.78 is 6.00. The molecule has 0 aromatic heterocycles. The summed E-state index contributed by atoms with van der Waals surface area (Å²) in [5, 5.41) is 6.38. The first-order valence-corrected chi connectivity index (χ1v) is 8.53. The van der Waals surface area contributed by atoms with Crippen LogP contribution in [0.5, 0.6) is 5.75 Å². The number of para-hydroxylation sites is 1. The zero-order valence-corrected chi connectivity index (χ0v) is 14.4. The van der Waals surface area contributed by atoms with Crippen LogP contribution in [-0.4, -0.2) is 25.1 Å². The fourth-order valence-electron chi connectivity index (χ4n) is 3.01. The summed E-state index contributed by atoms with van der Waals surface area (Å²) in [7, 11) is 0. The average molecular weight is 339 g/mol. The van der Waals surface area contributed by atoms with Gasteiger partial charge in [0.15, 0.2) is 0 Å². The Bertz CT molecular complexity index is 500. The predicted molar refractivity (Wildman–Crippen MR) is 94.0 cm³/mol. The molecule has 1 saturated carbocycles. The van der Waals surface area contributed by atoms with Crippen LogP contribution in [0.1, 0.15) is 44.1 Å². The van der Waals surface area contributed by atoms with Crippen LogP contribution in [0.3, 0.4) is 0 Å². The van der Waals surface area contributed by atoms with E-state index < -0.39 is 0 Å². The normalized spacial score (nSPS) is 20.4. The van der Waals surface area contributed by atoms with Crippen LogP contribution >= 0.6 is 12.4 Å². The van der Waals surface area contributed by atoms with Crippen LogP contribution < -0.4 is 15.4 Å². The molecule has 23 heavy (non-hydrogen) atoms. The molecule has 4 nitrogen and oxygen atoms in total. The lowest BCUT2D eigenvalue weighted by Gasteiger charge is -2.27. The summed E-state index contributed by atoms with van der Waals surface area (Å²) in [6.45, 7) is 2.72. The lowest BCUT2D eigenvalue weighted by Crippen LogP contribution is -2.27. The molecule has 5 heteroatoms. The summed E-state index contributed by atoms with van der Waals surface area (Å²) in [4.78, 5) is 12.0. The molecule has 1 aromatic carbocycles. The molecule has 0 radical (unpaired) electrons. The van der Waals surface area contributed by atoms with Gasteiger partial charge in [-0.1, -0.05) is 18.2 Å². The molecule has 1 heterocycles. The van der Waals surface area contributed by atoms with Crippen molar-refractivity contribution < 1.29 is 9.53 Å². The van der Waals surface area contributed by atoms with Crippen molar-refractivity contribution in [2.24, 2.45) is 5.92 Å². The van der Waals surface area contributed by atoms with Gasteiger partial charge in [0.1, 0.15) is 5.75 Å². The number of carbonyl (C=O) groups is 1. The van der Waals surface area contributed by atoms with Crippen molar-refractivity contribution in [3.8, 4) is 5.75 Å². The summed E-state index contributed by atoms with van der Waals surface area (Å²) in [5.74, 6) is 1.73. The first-order valence-electron chi connectivity index (χ1n) is 8.53. The van der Waals surface area contributed by atoms with Gasteiger partial charge in [-0.25, -0.2) is 0 Å². The Morgan fingerprint density at radius 1 is 1.26 bits per heavy atom. The topological polar surface area (TPSA) is 50.4 Å². The van der Waals surface area contributed by atoms with Crippen molar-refractivity contribution in [2.45, 2.75) is 51.2 Å². The maximum atomic E-state index is 12.0. The third kappa shape index (κ3) is 5.40. The van der Waals surface area contributed by atoms with Crippen LogP contribution in [0.2, 0.25) is 0 Å². The molecule has 2 N–H and O–H groups in total. The molecule has 1 saturated heterocycles. The minimum Gasteiger partial charge on any atom is -0.490 e. The molecule has 1 atom stereocenters. The first-order chi connectivity index (χ1) is 10.8. The summed E-state index contributed by atoms with van der Waals surface area (Å²) >= 11 is 0. The third-order valence-corrected chi connectivity index (χ3v) is 4.74.